The summed E-state index contributed by atoms with van der Waals surface area (Å²) in [5, 5.41) is 10.5. The first-order valence-corrected chi connectivity index (χ1v) is 10.3. The second-order valence-electron chi connectivity index (χ2n) is 7.74. The molecule has 3 aromatic rings. The number of carboxylic acids is 1. The van der Waals surface area contributed by atoms with Gasteiger partial charge in [0.2, 0.25) is 0 Å². The molecule has 7 heteroatoms. The number of fused-ring (bicyclic) bond motifs is 3. The monoisotopic (exact) mass is 462 g/mol. The largest absolute Gasteiger partial charge is 0.481 e. The molecule has 0 fully saturated rings. The number of aliphatic carboxylic acids is 1. The van der Waals surface area contributed by atoms with Gasteiger partial charge in [-0.3, -0.25) is 9.69 Å². The molecule has 0 radical (unpaired) electrons. The molecule has 2 N–H and O–H groups in total. The van der Waals surface area contributed by atoms with Gasteiger partial charge in [0.25, 0.3) is 0 Å². The summed E-state index contributed by atoms with van der Waals surface area (Å²) >= 11 is 3.14. The highest BCUT2D eigenvalue weighted by Crippen LogP contribution is 2.43. The summed E-state index contributed by atoms with van der Waals surface area (Å²) in [7, 11) is 0. The Kier molecular flexibility index (Phi) is 5.21. The molecule has 2 aromatic carbocycles. The Bertz CT molecular complexity index is 1070. The first kappa shape index (κ1) is 20.0. The highest BCUT2D eigenvalue weighted by Gasteiger charge is 2.39. The zero-order chi connectivity index (χ0) is 20.9. The van der Waals surface area contributed by atoms with Crippen molar-refractivity contribution in [3.05, 3.63) is 69.3 Å². The van der Waals surface area contributed by atoms with Gasteiger partial charge < -0.3 is 10.1 Å². The number of aromatic nitrogens is 1. The van der Waals surface area contributed by atoms with Gasteiger partial charge in [0.05, 0.1) is 12.0 Å². The van der Waals surface area contributed by atoms with Crippen LogP contribution in [0.1, 0.15) is 36.7 Å². The van der Waals surface area contributed by atoms with E-state index < -0.39 is 29.6 Å². The maximum absolute atomic E-state index is 15.0. The molecule has 1 unspecified atom stereocenters. The predicted octanol–water partition coefficient (Wildman–Crippen LogP) is 5.27. The van der Waals surface area contributed by atoms with E-state index in [9.17, 15) is 9.90 Å². The van der Waals surface area contributed by atoms with E-state index in [1.807, 2.05) is 36.1 Å². The van der Waals surface area contributed by atoms with Crippen LogP contribution in [-0.4, -0.2) is 33.5 Å². The van der Waals surface area contributed by atoms with Gasteiger partial charge >= 0.3 is 5.97 Å². The highest BCUT2D eigenvalue weighted by molar-refractivity contribution is 9.10. The minimum atomic E-state index is -0.935. The molecule has 1 aromatic heterocycles. The maximum atomic E-state index is 15.0. The fourth-order valence-corrected chi connectivity index (χ4v) is 4.71. The third-order valence-electron chi connectivity index (χ3n) is 5.74. The van der Waals surface area contributed by atoms with Crippen molar-refractivity contribution < 1.29 is 18.7 Å². The SMILES string of the molecule is CC(CN1[C@H](c2c(F)cc(Br)cc2F)c2[nH]c3ccccc3c2C[C@H]1C)C(=O)O. The second-order valence-corrected chi connectivity index (χ2v) is 8.65. The molecule has 0 spiro atoms. The lowest BCUT2D eigenvalue weighted by Crippen LogP contribution is -2.46. The van der Waals surface area contributed by atoms with Crippen LogP contribution in [0.15, 0.2) is 40.9 Å². The first-order valence-electron chi connectivity index (χ1n) is 9.50. The van der Waals surface area contributed by atoms with Crippen molar-refractivity contribution in [3.63, 3.8) is 0 Å². The fourth-order valence-electron chi connectivity index (χ4n) is 4.31. The van der Waals surface area contributed by atoms with E-state index in [1.54, 1.807) is 6.92 Å². The molecule has 29 heavy (non-hydrogen) atoms. The Balaban J connectivity index is 1.94. The van der Waals surface area contributed by atoms with Crippen LogP contribution in [-0.2, 0) is 11.2 Å². The predicted molar refractivity (Wildman–Crippen MR) is 111 cm³/mol. The van der Waals surface area contributed by atoms with Gasteiger partial charge in [-0.25, -0.2) is 8.78 Å². The number of carbonyl (C=O) groups is 1. The number of hydrogen-bond acceptors (Lipinski definition) is 2. The van der Waals surface area contributed by atoms with E-state index in [4.69, 9.17) is 0 Å². The third-order valence-corrected chi connectivity index (χ3v) is 6.20. The van der Waals surface area contributed by atoms with Crippen LogP contribution in [0.2, 0.25) is 0 Å². The molecule has 0 saturated heterocycles. The smallest absolute Gasteiger partial charge is 0.307 e. The van der Waals surface area contributed by atoms with Gasteiger partial charge in [-0.05, 0) is 37.1 Å². The average Bonchev–Trinajstić information content (AvgIpc) is 3.01. The summed E-state index contributed by atoms with van der Waals surface area (Å²) in [5.41, 5.74) is 2.59. The van der Waals surface area contributed by atoms with E-state index in [2.05, 4.69) is 20.9 Å². The van der Waals surface area contributed by atoms with Crippen molar-refractivity contribution in [1.82, 2.24) is 9.88 Å². The molecular formula is C22H21BrF2N2O2. The number of rotatable bonds is 4. The molecule has 4 nitrogen and oxygen atoms in total. The Morgan fingerprint density at radius 1 is 1.31 bits per heavy atom. The molecule has 1 aliphatic rings. The fraction of sp³-hybridized carbons (Fsp3) is 0.318. The van der Waals surface area contributed by atoms with Crippen molar-refractivity contribution in [1.29, 1.82) is 0 Å². The Morgan fingerprint density at radius 3 is 2.62 bits per heavy atom. The number of aromatic amines is 1. The van der Waals surface area contributed by atoms with Gasteiger partial charge in [0.15, 0.2) is 0 Å². The van der Waals surface area contributed by atoms with Gasteiger partial charge in [0, 0.05) is 39.2 Å². The number of nitrogens with one attached hydrogen (secondary N) is 1. The van der Waals surface area contributed by atoms with E-state index in [-0.39, 0.29) is 18.2 Å². The van der Waals surface area contributed by atoms with Crippen LogP contribution < -0.4 is 0 Å². The van der Waals surface area contributed by atoms with Crippen molar-refractivity contribution in [2.45, 2.75) is 32.4 Å². The number of para-hydroxylation sites is 1. The molecule has 0 aliphatic carbocycles. The number of H-pyrrole nitrogens is 1. The van der Waals surface area contributed by atoms with Crippen molar-refractivity contribution in [2.24, 2.45) is 5.92 Å². The van der Waals surface area contributed by atoms with E-state index >= 15 is 8.78 Å². The minimum absolute atomic E-state index is 0.0647. The lowest BCUT2D eigenvalue weighted by molar-refractivity contribution is -0.142. The summed E-state index contributed by atoms with van der Waals surface area (Å²) in [6.45, 7) is 3.77. The lowest BCUT2D eigenvalue weighted by atomic mass is 9.87. The lowest BCUT2D eigenvalue weighted by Gasteiger charge is -2.41. The summed E-state index contributed by atoms with van der Waals surface area (Å²) in [6.07, 6.45) is 0.669. The zero-order valence-corrected chi connectivity index (χ0v) is 17.6. The summed E-state index contributed by atoms with van der Waals surface area (Å²) in [6, 6.07) is 9.46. The molecular weight excluding hydrogens is 442 g/mol. The molecule has 0 bridgehead atoms. The summed E-state index contributed by atoms with van der Waals surface area (Å²) < 4.78 is 30.4. The average molecular weight is 463 g/mol. The molecule has 0 saturated carbocycles. The number of nitrogens with zero attached hydrogens (tertiary/aromatic N) is 1. The number of hydrogen-bond donors (Lipinski definition) is 2. The Morgan fingerprint density at radius 2 is 1.97 bits per heavy atom. The standard InChI is InChI=1S/C22H21BrF2N2O2/c1-11(22(28)29)10-27-12(2)7-15-14-5-3-4-6-18(14)26-20(15)21(27)19-16(24)8-13(23)9-17(19)25/h3-6,8-9,11-12,21,26H,7,10H2,1-2H3,(H,28,29)/t11?,12-,21-/m1/s1. The van der Waals surface area contributed by atoms with Crippen LogP contribution in [0.4, 0.5) is 8.78 Å². The summed E-state index contributed by atoms with van der Waals surface area (Å²) in [5.74, 6) is -2.93. The van der Waals surface area contributed by atoms with Gasteiger partial charge in [-0.1, -0.05) is 41.1 Å². The molecule has 0 amide bonds. The first-order chi connectivity index (χ1) is 13.8. The van der Waals surface area contributed by atoms with Crippen LogP contribution in [0.5, 0.6) is 0 Å². The molecule has 4 rings (SSSR count). The maximum Gasteiger partial charge on any atom is 0.307 e. The van der Waals surface area contributed by atoms with Gasteiger partial charge in [0.1, 0.15) is 11.6 Å². The normalized spacial score (nSPS) is 20.6. The quantitative estimate of drug-likeness (QED) is 0.555. The third kappa shape index (κ3) is 3.46. The molecule has 1 aliphatic heterocycles. The van der Waals surface area contributed by atoms with Gasteiger partial charge in [-0.2, -0.15) is 0 Å². The molecule has 2 heterocycles. The van der Waals surface area contributed by atoms with Crippen LogP contribution >= 0.6 is 15.9 Å². The molecule has 3 atom stereocenters. The number of benzene rings is 2. The number of halogens is 3. The van der Waals surface area contributed by atoms with E-state index in [1.165, 1.54) is 12.1 Å². The Labute approximate surface area is 175 Å². The zero-order valence-electron chi connectivity index (χ0n) is 16.0. The van der Waals surface area contributed by atoms with Crippen LogP contribution in [0, 0.1) is 17.6 Å². The summed E-state index contributed by atoms with van der Waals surface area (Å²) in [4.78, 5) is 16.7. The minimum Gasteiger partial charge on any atom is -0.481 e. The van der Waals surface area contributed by atoms with Gasteiger partial charge in [-0.15, -0.1) is 0 Å². The van der Waals surface area contributed by atoms with Crippen molar-refractivity contribution >= 4 is 32.8 Å². The Hall–Kier alpha value is -2.25. The van der Waals surface area contributed by atoms with Crippen molar-refractivity contribution in [3.8, 4) is 0 Å². The topological polar surface area (TPSA) is 56.3 Å². The van der Waals surface area contributed by atoms with Crippen LogP contribution in [0.25, 0.3) is 10.9 Å². The highest BCUT2D eigenvalue weighted by atomic mass is 79.9. The van der Waals surface area contributed by atoms with Crippen molar-refractivity contribution in [2.75, 3.05) is 6.54 Å². The van der Waals surface area contributed by atoms with Crippen LogP contribution in [0.3, 0.4) is 0 Å². The second kappa shape index (κ2) is 7.54. The number of carboxylic acid groups (broad SMARTS) is 1. The molecule has 152 valence electrons. The van der Waals surface area contributed by atoms with E-state index in [0.717, 1.165) is 22.2 Å². The van der Waals surface area contributed by atoms with E-state index in [0.29, 0.717) is 10.9 Å².